The highest BCUT2D eigenvalue weighted by Crippen LogP contribution is 2.24. The lowest BCUT2D eigenvalue weighted by atomic mass is 9.83. The Morgan fingerprint density at radius 1 is 1.33 bits per heavy atom. The van der Waals surface area contributed by atoms with Crippen molar-refractivity contribution >= 4 is 11.6 Å². The molecule has 18 heavy (non-hydrogen) atoms. The fourth-order valence-corrected chi connectivity index (χ4v) is 2.42. The number of hydrogen-bond acceptors (Lipinski definition) is 1. The van der Waals surface area contributed by atoms with E-state index in [0.717, 1.165) is 24.8 Å². The molecule has 0 aromatic heterocycles. The first kappa shape index (κ1) is 15.5. The molecule has 0 aliphatic heterocycles. The molecule has 0 spiro atoms. The van der Waals surface area contributed by atoms with Gasteiger partial charge in [0, 0.05) is 6.04 Å². The molecule has 1 N–H and O–H groups in total. The summed E-state index contributed by atoms with van der Waals surface area (Å²) in [6, 6.07) is 5.47. The summed E-state index contributed by atoms with van der Waals surface area (Å²) in [6.45, 7) is 6.72. The molecule has 0 amide bonds. The van der Waals surface area contributed by atoms with E-state index in [-0.39, 0.29) is 16.3 Å². The van der Waals surface area contributed by atoms with Gasteiger partial charge in [0.15, 0.2) is 0 Å². The summed E-state index contributed by atoms with van der Waals surface area (Å²) in [5.41, 5.74) is 1.36. The van der Waals surface area contributed by atoms with Crippen LogP contribution in [0.5, 0.6) is 0 Å². The van der Waals surface area contributed by atoms with Gasteiger partial charge in [0.1, 0.15) is 5.82 Å². The maximum absolute atomic E-state index is 13.0. The number of nitrogens with one attached hydrogen (secondary N) is 1. The van der Waals surface area contributed by atoms with E-state index in [1.54, 1.807) is 6.07 Å². The molecule has 1 aromatic rings. The Kier molecular flexibility index (Phi) is 5.61. The SMILES string of the molecule is CNC(CCCc1ccc(F)c(Cl)c1)C(C)(C)C. The monoisotopic (exact) mass is 271 g/mol. The number of hydrogen-bond donors (Lipinski definition) is 1. The van der Waals surface area contributed by atoms with E-state index in [1.165, 1.54) is 6.07 Å². The molecule has 0 aliphatic rings. The minimum Gasteiger partial charge on any atom is -0.316 e. The summed E-state index contributed by atoms with van der Waals surface area (Å²) < 4.78 is 13.0. The molecule has 1 rings (SSSR count). The molecule has 0 saturated heterocycles. The Balaban J connectivity index is 2.48. The second kappa shape index (κ2) is 6.53. The van der Waals surface area contributed by atoms with Gasteiger partial charge in [-0.1, -0.05) is 38.4 Å². The molecule has 0 radical (unpaired) electrons. The van der Waals surface area contributed by atoms with Crippen LogP contribution in [0.2, 0.25) is 5.02 Å². The zero-order valence-electron chi connectivity index (χ0n) is 11.7. The van der Waals surface area contributed by atoms with Gasteiger partial charge < -0.3 is 5.32 Å². The number of rotatable bonds is 5. The molecule has 1 atom stereocenters. The summed E-state index contributed by atoms with van der Waals surface area (Å²) >= 11 is 5.77. The quantitative estimate of drug-likeness (QED) is 0.835. The van der Waals surface area contributed by atoms with E-state index in [9.17, 15) is 4.39 Å². The molecule has 0 heterocycles. The van der Waals surface area contributed by atoms with Crippen molar-refractivity contribution in [1.82, 2.24) is 5.32 Å². The zero-order chi connectivity index (χ0) is 13.8. The van der Waals surface area contributed by atoms with Crippen LogP contribution < -0.4 is 5.32 Å². The van der Waals surface area contributed by atoms with Crippen molar-refractivity contribution in [2.45, 2.75) is 46.1 Å². The van der Waals surface area contributed by atoms with Gasteiger partial charge >= 0.3 is 0 Å². The predicted molar refractivity (Wildman–Crippen MR) is 76.7 cm³/mol. The average Bonchev–Trinajstić information content (AvgIpc) is 2.27. The lowest BCUT2D eigenvalue weighted by Gasteiger charge is -2.30. The topological polar surface area (TPSA) is 12.0 Å². The lowest BCUT2D eigenvalue weighted by molar-refractivity contribution is 0.263. The first-order valence-corrected chi connectivity index (χ1v) is 6.83. The second-order valence-electron chi connectivity index (χ2n) is 5.85. The molecule has 0 fully saturated rings. The Morgan fingerprint density at radius 3 is 2.50 bits per heavy atom. The summed E-state index contributed by atoms with van der Waals surface area (Å²) in [7, 11) is 2.00. The summed E-state index contributed by atoms with van der Waals surface area (Å²) in [4.78, 5) is 0. The van der Waals surface area contributed by atoms with Crippen LogP contribution in [0.4, 0.5) is 4.39 Å². The normalized spacial score (nSPS) is 13.7. The fourth-order valence-electron chi connectivity index (χ4n) is 2.22. The molecule has 0 saturated carbocycles. The number of benzene rings is 1. The van der Waals surface area contributed by atoms with Crippen LogP contribution in [0.3, 0.4) is 0 Å². The molecular weight excluding hydrogens is 249 g/mol. The van der Waals surface area contributed by atoms with Gasteiger partial charge in [-0.15, -0.1) is 0 Å². The standard InChI is InChI=1S/C15H23ClFN/c1-15(2,3)14(18-4)7-5-6-11-8-9-13(17)12(16)10-11/h8-10,14,18H,5-7H2,1-4H3. The summed E-state index contributed by atoms with van der Waals surface area (Å²) in [6.07, 6.45) is 3.12. The van der Waals surface area contributed by atoms with E-state index in [0.29, 0.717) is 6.04 Å². The van der Waals surface area contributed by atoms with Crippen molar-refractivity contribution < 1.29 is 4.39 Å². The molecule has 0 aliphatic carbocycles. The first-order chi connectivity index (χ1) is 8.34. The maximum Gasteiger partial charge on any atom is 0.141 e. The second-order valence-corrected chi connectivity index (χ2v) is 6.26. The molecule has 1 nitrogen and oxygen atoms in total. The molecule has 102 valence electrons. The van der Waals surface area contributed by atoms with Gasteiger partial charge in [-0.2, -0.15) is 0 Å². The highest BCUT2D eigenvalue weighted by atomic mass is 35.5. The van der Waals surface area contributed by atoms with Crippen LogP contribution in [0.15, 0.2) is 18.2 Å². The van der Waals surface area contributed by atoms with Crippen LogP contribution >= 0.6 is 11.6 Å². The van der Waals surface area contributed by atoms with E-state index in [2.05, 4.69) is 26.1 Å². The minimum atomic E-state index is -0.344. The number of halogens is 2. The van der Waals surface area contributed by atoms with Gasteiger partial charge in [-0.25, -0.2) is 4.39 Å². The Morgan fingerprint density at radius 2 is 2.00 bits per heavy atom. The van der Waals surface area contributed by atoms with E-state index in [4.69, 9.17) is 11.6 Å². The average molecular weight is 272 g/mol. The van der Waals surface area contributed by atoms with Gasteiger partial charge in [0.2, 0.25) is 0 Å². The van der Waals surface area contributed by atoms with Gasteiger partial charge in [0.05, 0.1) is 5.02 Å². The van der Waals surface area contributed by atoms with E-state index in [1.807, 2.05) is 13.1 Å². The van der Waals surface area contributed by atoms with Crippen molar-refractivity contribution in [2.75, 3.05) is 7.05 Å². The zero-order valence-corrected chi connectivity index (χ0v) is 12.4. The van der Waals surface area contributed by atoms with Crippen molar-refractivity contribution in [3.8, 4) is 0 Å². The summed E-state index contributed by atoms with van der Waals surface area (Å²) in [5, 5.41) is 3.58. The van der Waals surface area contributed by atoms with E-state index >= 15 is 0 Å². The molecule has 1 unspecified atom stereocenters. The number of aryl methyl sites for hydroxylation is 1. The Labute approximate surface area is 115 Å². The Bertz CT molecular complexity index is 385. The molecular formula is C15H23ClFN. The van der Waals surface area contributed by atoms with Crippen LogP contribution in [-0.2, 0) is 6.42 Å². The van der Waals surface area contributed by atoms with Gasteiger partial charge in [-0.05, 0) is 49.4 Å². The fraction of sp³-hybridized carbons (Fsp3) is 0.600. The predicted octanol–water partition coefficient (Wildman–Crippen LogP) is 4.44. The third kappa shape index (κ3) is 4.58. The van der Waals surface area contributed by atoms with Crippen molar-refractivity contribution in [3.05, 3.63) is 34.6 Å². The van der Waals surface area contributed by atoms with Gasteiger partial charge in [0.25, 0.3) is 0 Å². The minimum absolute atomic E-state index is 0.216. The molecule has 0 bridgehead atoms. The van der Waals surface area contributed by atoms with Gasteiger partial charge in [-0.3, -0.25) is 0 Å². The smallest absolute Gasteiger partial charge is 0.141 e. The third-order valence-electron chi connectivity index (χ3n) is 3.34. The lowest BCUT2D eigenvalue weighted by Crippen LogP contribution is -2.37. The highest BCUT2D eigenvalue weighted by molar-refractivity contribution is 6.30. The maximum atomic E-state index is 13.0. The molecule has 3 heteroatoms. The Hall–Kier alpha value is -0.600. The summed E-state index contributed by atoms with van der Waals surface area (Å²) in [5.74, 6) is -0.344. The van der Waals surface area contributed by atoms with Crippen molar-refractivity contribution in [2.24, 2.45) is 5.41 Å². The van der Waals surface area contributed by atoms with Crippen molar-refractivity contribution in [1.29, 1.82) is 0 Å². The largest absolute Gasteiger partial charge is 0.316 e. The van der Waals surface area contributed by atoms with Crippen molar-refractivity contribution in [3.63, 3.8) is 0 Å². The van der Waals surface area contributed by atoms with Crippen LogP contribution in [0.1, 0.15) is 39.2 Å². The van der Waals surface area contributed by atoms with Crippen LogP contribution in [-0.4, -0.2) is 13.1 Å². The highest BCUT2D eigenvalue weighted by Gasteiger charge is 2.22. The third-order valence-corrected chi connectivity index (χ3v) is 3.63. The van der Waals surface area contributed by atoms with E-state index < -0.39 is 0 Å². The first-order valence-electron chi connectivity index (χ1n) is 6.46. The van der Waals surface area contributed by atoms with Crippen LogP contribution in [0, 0.1) is 11.2 Å². The molecule has 1 aromatic carbocycles. The van der Waals surface area contributed by atoms with Crippen LogP contribution in [0.25, 0.3) is 0 Å².